The highest BCUT2D eigenvalue weighted by atomic mass is 16.5. The molecule has 1 aliphatic rings. The Morgan fingerprint density at radius 1 is 1.26 bits per heavy atom. The van der Waals surface area contributed by atoms with Gasteiger partial charge in [0.2, 0.25) is 0 Å². The van der Waals surface area contributed by atoms with Crippen LogP contribution in [-0.4, -0.2) is 63.0 Å². The fourth-order valence-electron chi connectivity index (χ4n) is 2.51. The van der Waals surface area contributed by atoms with Gasteiger partial charge in [-0.05, 0) is 39.7 Å². The fraction of sp³-hybridized carbons (Fsp3) is 1.00. The minimum absolute atomic E-state index is 0.383. The lowest BCUT2D eigenvalue weighted by Crippen LogP contribution is -2.50. The predicted octanol–water partition coefficient (Wildman–Crippen LogP) is 1.89. The molecule has 1 saturated heterocycles. The Hall–Kier alpha value is -0.160. The SMILES string of the molecule is CCOCCCCNCCN1CC(C)OCC1CC. The summed E-state index contributed by atoms with van der Waals surface area (Å²) in [7, 11) is 0. The van der Waals surface area contributed by atoms with E-state index in [-0.39, 0.29) is 0 Å². The molecule has 1 rings (SSSR count). The molecule has 0 radical (unpaired) electrons. The van der Waals surface area contributed by atoms with Crippen molar-refractivity contribution in [3.63, 3.8) is 0 Å². The van der Waals surface area contributed by atoms with Crippen molar-refractivity contribution in [2.45, 2.75) is 52.2 Å². The van der Waals surface area contributed by atoms with Crippen molar-refractivity contribution in [2.24, 2.45) is 0 Å². The topological polar surface area (TPSA) is 33.7 Å². The smallest absolute Gasteiger partial charge is 0.0674 e. The van der Waals surface area contributed by atoms with E-state index in [1.165, 1.54) is 12.8 Å². The van der Waals surface area contributed by atoms with Gasteiger partial charge in [-0.1, -0.05) is 6.92 Å². The first-order chi connectivity index (χ1) is 9.27. The highest BCUT2D eigenvalue weighted by molar-refractivity contribution is 4.77. The largest absolute Gasteiger partial charge is 0.382 e. The number of hydrogen-bond acceptors (Lipinski definition) is 4. The number of rotatable bonds is 10. The van der Waals surface area contributed by atoms with E-state index in [2.05, 4.69) is 24.1 Å². The molecule has 1 N–H and O–H groups in total. The lowest BCUT2D eigenvalue weighted by molar-refractivity contribution is -0.0550. The van der Waals surface area contributed by atoms with Crippen LogP contribution in [0.2, 0.25) is 0 Å². The van der Waals surface area contributed by atoms with Crippen LogP contribution in [0.3, 0.4) is 0 Å². The van der Waals surface area contributed by atoms with Crippen molar-refractivity contribution in [3.05, 3.63) is 0 Å². The van der Waals surface area contributed by atoms with E-state index < -0.39 is 0 Å². The highest BCUT2D eigenvalue weighted by Crippen LogP contribution is 2.13. The minimum atomic E-state index is 0.383. The number of morpholine rings is 1. The summed E-state index contributed by atoms with van der Waals surface area (Å²) >= 11 is 0. The van der Waals surface area contributed by atoms with Crippen molar-refractivity contribution in [3.8, 4) is 0 Å². The van der Waals surface area contributed by atoms with E-state index in [1.807, 2.05) is 6.92 Å². The Morgan fingerprint density at radius 2 is 2.11 bits per heavy atom. The monoisotopic (exact) mass is 272 g/mol. The first kappa shape index (κ1) is 16.9. The number of hydrogen-bond donors (Lipinski definition) is 1. The molecule has 0 saturated carbocycles. The van der Waals surface area contributed by atoms with Crippen molar-refractivity contribution < 1.29 is 9.47 Å². The van der Waals surface area contributed by atoms with Crippen LogP contribution in [0.4, 0.5) is 0 Å². The van der Waals surface area contributed by atoms with Crippen LogP contribution in [0.5, 0.6) is 0 Å². The third kappa shape index (κ3) is 7.25. The molecule has 0 bridgehead atoms. The molecule has 2 unspecified atom stereocenters. The van der Waals surface area contributed by atoms with Gasteiger partial charge in [0.25, 0.3) is 0 Å². The maximum atomic E-state index is 5.72. The van der Waals surface area contributed by atoms with E-state index in [9.17, 15) is 0 Å². The summed E-state index contributed by atoms with van der Waals surface area (Å²) in [5, 5.41) is 3.53. The Labute approximate surface area is 118 Å². The lowest BCUT2D eigenvalue weighted by Gasteiger charge is -2.38. The standard InChI is InChI=1S/C15H32N2O2/c1-4-15-13-19-14(3)12-17(15)10-9-16-8-6-7-11-18-5-2/h14-16H,4-13H2,1-3H3. The van der Waals surface area contributed by atoms with Crippen LogP contribution in [0.25, 0.3) is 0 Å². The lowest BCUT2D eigenvalue weighted by atomic mass is 10.1. The molecule has 0 spiro atoms. The molecule has 1 fully saturated rings. The second kappa shape index (κ2) is 10.6. The molecule has 0 amide bonds. The first-order valence-electron chi connectivity index (χ1n) is 7.92. The Balaban J connectivity index is 2.00. The van der Waals surface area contributed by atoms with Crippen LogP contribution >= 0.6 is 0 Å². The zero-order chi connectivity index (χ0) is 13.9. The Bertz CT molecular complexity index is 214. The third-order valence-corrected chi connectivity index (χ3v) is 3.72. The molecule has 1 aliphatic heterocycles. The second-order valence-electron chi connectivity index (χ2n) is 5.35. The summed E-state index contributed by atoms with van der Waals surface area (Å²) in [6.45, 7) is 13.5. The van der Waals surface area contributed by atoms with Crippen LogP contribution in [0.1, 0.15) is 40.0 Å². The van der Waals surface area contributed by atoms with E-state index >= 15 is 0 Å². The summed E-state index contributed by atoms with van der Waals surface area (Å²) < 4.78 is 11.0. The Morgan fingerprint density at radius 3 is 2.84 bits per heavy atom. The molecule has 0 aromatic heterocycles. The maximum absolute atomic E-state index is 5.72. The van der Waals surface area contributed by atoms with E-state index in [4.69, 9.17) is 9.47 Å². The molecule has 0 aromatic rings. The van der Waals surface area contributed by atoms with E-state index in [0.717, 1.165) is 52.4 Å². The maximum Gasteiger partial charge on any atom is 0.0674 e. The zero-order valence-electron chi connectivity index (χ0n) is 13.0. The van der Waals surface area contributed by atoms with Gasteiger partial charge >= 0.3 is 0 Å². The van der Waals surface area contributed by atoms with Gasteiger partial charge < -0.3 is 14.8 Å². The number of unbranched alkanes of at least 4 members (excludes halogenated alkanes) is 1. The Kier molecular flexibility index (Phi) is 9.43. The number of ether oxygens (including phenoxy) is 2. The van der Waals surface area contributed by atoms with Crippen molar-refractivity contribution in [1.82, 2.24) is 10.2 Å². The molecule has 4 heteroatoms. The van der Waals surface area contributed by atoms with Crippen molar-refractivity contribution in [1.29, 1.82) is 0 Å². The number of nitrogens with zero attached hydrogens (tertiary/aromatic N) is 1. The summed E-state index contributed by atoms with van der Waals surface area (Å²) in [6, 6.07) is 0.607. The normalized spacial score (nSPS) is 24.8. The van der Waals surface area contributed by atoms with Gasteiger partial charge in [0.05, 0.1) is 12.7 Å². The fourth-order valence-corrected chi connectivity index (χ4v) is 2.51. The minimum Gasteiger partial charge on any atom is -0.382 e. The molecule has 0 aromatic carbocycles. The molecular formula is C15H32N2O2. The number of nitrogens with one attached hydrogen (secondary N) is 1. The van der Waals surface area contributed by atoms with Crippen LogP contribution in [-0.2, 0) is 9.47 Å². The molecule has 0 aliphatic carbocycles. The summed E-state index contributed by atoms with van der Waals surface area (Å²) in [6.07, 6.45) is 3.93. The molecule has 4 nitrogen and oxygen atoms in total. The summed E-state index contributed by atoms with van der Waals surface area (Å²) in [5.41, 5.74) is 0. The van der Waals surface area contributed by atoms with Crippen molar-refractivity contribution >= 4 is 0 Å². The average Bonchev–Trinajstić information content (AvgIpc) is 2.42. The zero-order valence-corrected chi connectivity index (χ0v) is 13.0. The predicted molar refractivity (Wildman–Crippen MR) is 79.7 cm³/mol. The highest BCUT2D eigenvalue weighted by Gasteiger charge is 2.24. The molecule has 114 valence electrons. The second-order valence-corrected chi connectivity index (χ2v) is 5.35. The van der Waals surface area contributed by atoms with Gasteiger partial charge in [0.15, 0.2) is 0 Å². The summed E-state index contributed by atoms with van der Waals surface area (Å²) in [4.78, 5) is 2.57. The molecule has 19 heavy (non-hydrogen) atoms. The first-order valence-corrected chi connectivity index (χ1v) is 7.92. The van der Waals surface area contributed by atoms with Gasteiger partial charge in [0, 0.05) is 38.9 Å². The van der Waals surface area contributed by atoms with Gasteiger partial charge in [0.1, 0.15) is 0 Å². The van der Waals surface area contributed by atoms with Crippen molar-refractivity contribution in [2.75, 3.05) is 46.0 Å². The van der Waals surface area contributed by atoms with Gasteiger partial charge in [-0.25, -0.2) is 0 Å². The molecule has 1 heterocycles. The van der Waals surface area contributed by atoms with E-state index in [1.54, 1.807) is 0 Å². The quantitative estimate of drug-likeness (QED) is 0.616. The van der Waals surface area contributed by atoms with Gasteiger partial charge in [-0.2, -0.15) is 0 Å². The molecular weight excluding hydrogens is 240 g/mol. The van der Waals surface area contributed by atoms with Gasteiger partial charge in [-0.3, -0.25) is 4.90 Å². The average molecular weight is 272 g/mol. The molecule has 2 atom stereocenters. The van der Waals surface area contributed by atoms with Crippen LogP contribution in [0.15, 0.2) is 0 Å². The van der Waals surface area contributed by atoms with E-state index in [0.29, 0.717) is 12.1 Å². The third-order valence-electron chi connectivity index (χ3n) is 3.72. The van der Waals surface area contributed by atoms with Crippen LogP contribution in [0, 0.1) is 0 Å². The van der Waals surface area contributed by atoms with Crippen LogP contribution < -0.4 is 5.32 Å². The summed E-state index contributed by atoms with van der Waals surface area (Å²) in [5.74, 6) is 0. The van der Waals surface area contributed by atoms with Gasteiger partial charge in [-0.15, -0.1) is 0 Å².